The molecule has 0 aliphatic heterocycles. The van der Waals surface area contributed by atoms with Gasteiger partial charge in [-0.2, -0.15) is 0 Å². The average molecular weight is 739 g/mol. The quantitative estimate of drug-likeness (QED) is 0.0427. The minimum absolute atomic E-state index is 0.332. The Hall–Kier alpha value is -1.85. The lowest BCUT2D eigenvalue weighted by Gasteiger charge is -2.02. The predicted octanol–water partition coefficient (Wildman–Crippen LogP) is 15.7. The minimum Gasteiger partial charge on any atom is -0.481 e. The van der Waals surface area contributed by atoms with Crippen molar-refractivity contribution in [3.63, 3.8) is 0 Å². The minimum atomic E-state index is -0.664. The van der Waals surface area contributed by atoms with Crippen molar-refractivity contribution in [2.75, 3.05) is 0 Å². The van der Waals surface area contributed by atoms with Gasteiger partial charge in [0.2, 0.25) is 0 Å². The molecule has 0 rings (SSSR count). The van der Waals surface area contributed by atoms with Crippen LogP contribution in [0.5, 0.6) is 0 Å². The van der Waals surface area contributed by atoms with Gasteiger partial charge < -0.3 is 15.3 Å². The molecule has 0 radical (unpaired) electrons. The summed E-state index contributed by atoms with van der Waals surface area (Å²) in [5.74, 6) is -1.98. The maximum atomic E-state index is 10.3. The summed E-state index contributed by atoms with van der Waals surface area (Å²) in [5.41, 5.74) is 0. The van der Waals surface area contributed by atoms with Crippen LogP contribution in [0.25, 0.3) is 0 Å². The summed E-state index contributed by atoms with van der Waals surface area (Å²) in [6, 6.07) is 0. The fourth-order valence-electron chi connectivity index (χ4n) is 6.23. The number of unbranched alkanes of at least 4 members (excludes halogenated alkanes) is 31. The average Bonchev–Trinajstić information content (AvgIpc) is 3.11. The van der Waals surface area contributed by atoms with Crippen LogP contribution >= 0.6 is 0 Å². The molecule has 6 heteroatoms. The number of carboxylic acids is 3. The third-order valence-electron chi connectivity index (χ3n) is 9.64. The first kappa shape index (κ1) is 54.5. The topological polar surface area (TPSA) is 112 Å². The van der Waals surface area contributed by atoms with Gasteiger partial charge in [0.05, 0.1) is 0 Å². The van der Waals surface area contributed by atoms with E-state index in [1.807, 2.05) is 0 Å². The van der Waals surface area contributed by atoms with Gasteiger partial charge in [-0.15, -0.1) is 0 Å². The number of hydrogen-bond acceptors (Lipinski definition) is 3. The van der Waals surface area contributed by atoms with Crippen LogP contribution in [0.15, 0.2) is 12.2 Å². The van der Waals surface area contributed by atoms with Crippen LogP contribution < -0.4 is 0 Å². The van der Waals surface area contributed by atoms with E-state index in [0.29, 0.717) is 19.3 Å². The first-order valence-corrected chi connectivity index (χ1v) is 22.6. The Kier molecular flexibility index (Phi) is 53.7. The Labute approximate surface area is 323 Å². The van der Waals surface area contributed by atoms with Crippen LogP contribution in [0, 0.1) is 0 Å². The second-order valence-corrected chi connectivity index (χ2v) is 15.1. The second-order valence-electron chi connectivity index (χ2n) is 15.1. The number of carboxylic acid groups (broad SMARTS) is 3. The number of allylic oxidation sites excluding steroid dienone is 2. The second kappa shape index (κ2) is 51.3. The van der Waals surface area contributed by atoms with Gasteiger partial charge in [-0.3, -0.25) is 14.4 Å². The normalized spacial score (nSPS) is 10.8. The molecule has 6 nitrogen and oxygen atoms in total. The van der Waals surface area contributed by atoms with Crippen molar-refractivity contribution in [1.82, 2.24) is 0 Å². The number of carbonyl (C=O) groups is 3. The van der Waals surface area contributed by atoms with Gasteiger partial charge in [0.25, 0.3) is 0 Å². The van der Waals surface area contributed by atoms with E-state index in [1.54, 1.807) is 0 Å². The van der Waals surface area contributed by atoms with Crippen LogP contribution in [-0.2, 0) is 14.4 Å². The third kappa shape index (κ3) is 63.2. The Morgan fingerprint density at radius 2 is 0.462 bits per heavy atom. The van der Waals surface area contributed by atoms with Gasteiger partial charge in [0.1, 0.15) is 0 Å². The van der Waals surface area contributed by atoms with Gasteiger partial charge in [-0.25, -0.2) is 0 Å². The molecule has 3 N–H and O–H groups in total. The number of rotatable bonds is 39. The van der Waals surface area contributed by atoms with Crippen molar-refractivity contribution < 1.29 is 29.7 Å². The van der Waals surface area contributed by atoms with Crippen molar-refractivity contribution in [1.29, 1.82) is 0 Å². The SMILES string of the molecule is CCCCCCCC/C=C\CCCCCCCC(=O)O.CCCCCCCCCCCC(=O)O.CCCCCCCCCCCCCCCC(=O)O. The molecule has 0 aromatic rings. The summed E-state index contributed by atoms with van der Waals surface area (Å²) in [5, 5.41) is 25.4. The van der Waals surface area contributed by atoms with Crippen LogP contribution in [0.4, 0.5) is 0 Å². The van der Waals surface area contributed by atoms with Gasteiger partial charge >= 0.3 is 17.9 Å². The Balaban J connectivity index is -0.000000704. The monoisotopic (exact) mass is 739 g/mol. The van der Waals surface area contributed by atoms with Gasteiger partial charge in [0.15, 0.2) is 0 Å². The van der Waals surface area contributed by atoms with Crippen molar-refractivity contribution >= 4 is 17.9 Å². The molecule has 52 heavy (non-hydrogen) atoms. The number of aliphatic carboxylic acids is 3. The fraction of sp³-hybridized carbons (Fsp3) is 0.891. The molecular weight excluding hydrogens is 649 g/mol. The molecule has 0 aliphatic carbocycles. The molecule has 0 spiro atoms. The standard InChI is InChI=1S/C18H34O2.C16H32O2.C12H24O2/c1-2-3-4-5-6-7-8-9-10-11-12-13-14-15-16-17-18(19)20;1-2-3-4-5-6-7-8-9-10-11-12-13-14-15-16(17)18;1-2-3-4-5-6-7-8-9-10-11-12(13)14/h9-10H,2-8,11-17H2,1H3,(H,19,20);2-15H2,1H3,(H,17,18);2-11H2,1H3,(H,13,14)/b10-9-;;. The first-order chi connectivity index (χ1) is 25.3. The smallest absolute Gasteiger partial charge is 0.303 e. The summed E-state index contributed by atoms with van der Waals surface area (Å²) in [6.45, 7) is 6.75. The van der Waals surface area contributed by atoms with E-state index in [9.17, 15) is 14.4 Å². The zero-order valence-corrected chi connectivity index (χ0v) is 35.1. The molecule has 0 amide bonds. The van der Waals surface area contributed by atoms with Crippen LogP contribution in [0.1, 0.15) is 265 Å². The molecule has 0 saturated carbocycles. The largest absolute Gasteiger partial charge is 0.481 e. The van der Waals surface area contributed by atoms with Crippen molar-refractivity contribution in [3.05, 3.63) is 12.2 Å². The molecule has 0 heterocycles. The molecule has 0 unspecified atom stereocenters. The molecule has 0 saturated heterocycles. The van der Waals surface area contributed by atoms with Gasteiger partial charge in [-0.05, 0) is 44.9 Å². The zero-order chi connectivity index (χ0) is 39.0. The van der Waals surface area contributed by atoms with Crippen LogP contribution in [-0.4, -0.2) is 33.2 Å². The Morgan fingerprint density at radius 3 is 0.654 bits per heavy atom. The Morgan fingerprint density at radius 1 is 0.288 bits per heavy atom. The summed E-state index contributed by atoms with van der Waals surface area (Å²) < 4.78 is 0. The van der Waals surface area contributed by atoms with E-state index in [0.717, 1.165) is 38.5 Å². The fourth-order valence-corrected chi connectivity index (χ4v) is 6.23. The van der Waals surface area contributed by atoms with Crippen LogP contribution in [0.2, 0.25) is 0 Å². The molecular formula is C46H90O6. The van der Waals surface area contributed by atoms with E-state index in [4.69, 9.17) is 15.3 Å². The maximum Gasteiger partial charge on any atom is 0.303 e. The molecule has 310 valence electrons. The highest BCUT2D eigenvalue weighted by molar-refractivity contribution is 5.67. The first-order valence-electron chi connectivity index (χ1n) is 22.6. The highest BCUT2D eigenvalue weighted by atomic mass is 16.4. The maximum absolute atomic E-state index is 10.3. The number of hydrogen-bond donors (Lipinski definition) is 3. The summed E-state index contributed by atoms with van der Waals surface area (Å²) in [4.78, 5) is 30.8. The molecule has 0 bridgehead atoms. The predicted molar refractivity (Wildman–Crippen MR) is 225 cm³/mol. The van der Waals surface area contributed by atoms with E-state index >= 15 is 0 Å². The van der Waals surface area contributed by atoms with E-state index in [-0.39, 0.29) is 0 Å². The molecule has 0 aromatic carbocycles. The lowest BCUT2D eigenvalue weighted by molar-refractivity contribution is -0.138. The Bertz CT molecular complexity index is 734. The van der Waals surface area contributed by atoms with Crippen molar-refractivity contribution in [2.45, 2.75) is 265 Å². The summed E-state index contributed by atoms with van der Waals surface area (Å²) in [7, 11) is 0. The molecule has 0 aromatic heterocycles. The third-order valence-corrected chi connectivity index (χ3v) is 9.64. The van der Waals surface area contributed by atoms with Crippen molar-refractivity contribution in [2.24, 2.45) is 0 Å². The summed E-state index contributed by atoms with van der Waals surface area (Å²) >= 11 is 0. The zero-order valence-electron chi connectivity index (χ0n) is 35.1. The molecule has 0 fully saturated rings. The van der Waals surface area contributed by atoms with Crippen molar-refractivity contribution in [3.8, 4) is 0 Å². The lowest BCUT2D eigenvalue weighted by Crippen LogP contribution is -1.93. The van der Waals surface area contributed by atoms with Crippen LogP contribution in [0.3, 0.4) is 0 Å². The summed E-state index contributed by atoms with van der Waals surface area (Å²) in [6.07, 6.45) is 50.0. The van der Waals surface area contributed by atoms with E-state index in [2.05, 4.69) is 32.9 Å². The molecule has 0 aliphatic rings. The lowest BCUT2D eigenvalue weighted by atomic mass is 10.0. The van der Waals surface area contributed by atoms with E-state index in [1.165, 1.54) is 186 Å². The van der Waals surface area contributed by atoms with Gasteiger partial charge in [-0.1, -0.05) is 213 Å². The highest BCUT2D eigenvalue weighted by Crippen LogP contribution is 2.14. The van der Waals surface area contributed by atoms with E-state index < -0.39 is 17.9 Å². The van der Waals surface area contributed by atoms with Gasteiger partial charge in [0, 0.05) is 19.3 Å². The highest BCUT2D eigenvalue weighted by Gasteiger charge is 1.99. The molecule has 0 atom stereocenters.